The minimum absolute atomic E-state index is 0.0564. The fraction of sp³-hybridized carbons (Fsp3) is 0.333. The second kappa shape index (κ2) is 6.63. The SMILES string of the molecule is CCC(Sc1nnc(C)s1)C(=O)Nc1ccccn1. The zero-order chi connectivity index (χ0) is 13.7. The molecular formula is C12H14N4OS2. The first kappa shape index (κ1) is 14.0. The number of carbonyl (C=O) groups is 1. The van der Waals surface area contributed by atoms with Gasteiger partial charge in [0.05, 0.1) is 5.25 Å². The van der Waals surface area contributed by atoms with E-state index >= 15 is 0 Å². The summed E-state index contributed by atoms with van der Waals surface area (Å²) in [4.78, 5) is 16.2. The van der Waals surface area contributed by atoms with Crippen molar-refractivity contribution in [2.24, 2.45) is 0 Å². The van der Waals surface area contributed by atoms with Gasteiger partial charge in [-0.15, -0.1) is 10.2 Å². The number of aryl methyl sites for hydroxylation is 1. The summed E-state index contributed by atoms with van der Waals surface area (Å²) in [6.07, 6.45) is 2.37. The third-order valence-corrected chi connectivity index (χ3v) is 4.62. The Morgan fingerprint density at radius 1 is 1.47 bits per heavy atom. The van der Waals surface area contributed by atoms with Crippen molar-refractivity contribution >= 4 is 34.8 Å². The van der Waals surface area contributed by atoms with Gasteiger partial charge >= 0.3 is 0 Å². The molecule has 2 aromatic rings. The number of carbonyl (C=O) groups excluding carboxylic acids is 1. The Bertz CT molecular complexity index is 544. The number of aromatic nitrogens is 3. The molecule has 7 heteroatoms. The van der Waals surface area contributed by atoms with Crippen LogP contribution in [-0.2, 0) is 4.79 Å². The molecule has 0 aliphatic carbocycles. The van der Waals surface area contributed by atoms with Gasteiger partial charge in [-0.25, -0.2) is 4.98 Å². The van der Waals surface area contributed by atoms with Crippen LogP contribution in [0.25, 0.3) is 0 Å². The van der Waals surface area contributed by atoms with Crippen LogP contribution in [0.15, 0.2) is 28.7 Å². The second-order valence-electron chi connectivity index (χ2n) is 3.81. The van der Waals surface area contributed by atoms with Crippen molar-refractivity contribution in [2.45, 2.75) is 29.9 Å². The van der Waals surface area contributed by atoms with Crippen molar-refractivity contribution in [1.82, 2.24) is 15.2 Å². The molecule has 0 saturated heterocycles. The lowest BCUT2D eigenvalue weighted by molar-refractivity contribution is -0.115. The van der Waals surface area contributed by atoms with Crippen LogP contribution in [-0.4, -0.2) is 26.3 Å². The lowest BCUT2D eigenvalue weighted by Crippen LogP contribution is -2.24. The zero-order valence-corrected chi connectivity index (χ0v) is 12.3. The highest BCUT2D eigenvalue weighted by molar-refractivity contribution is 8.02. The van der Waals surface area contributed by atoms with E-state index < -0.39 is 0 Å². The molecule has 0 fully saturated rings. The molecule has 0 radical (unpaired) electrons. The average Bonchev–Trinajstić information content (AvgIpc) is 2.82. The van der Waals surface area contributed by atoms with E-state index in [1.54, 1.807) is 12.3 Å². The molecule has 2 heterocycles. The maximum absolute atomic E-state index is 12.1. The summed E-state index contributed by atoms with van der Waals surface area (Å²) in [5.41, 5.74) is 0. The van der Waals surface area contributed by atoms with Gasteiger partial charge in [-0.2, -0.15) is 0 Å². The fourth-order valence-electron chi connectivity index (χ4n) is 1.41. The van der Waals surface area contributed by atoms with Crippen LogP contribution in [0.5, 0.6) is 0 Å². The number of amides is 1. The van der Waals surface area contributed by atoms with Gasteiger partial charge in [0.15, 0.2) is 4.34 Å². The predicted molar refractivity (Wildman–Crippen MR) is 77.4 cm³/mol. The van der Waals surface area contributed by atoms with E-state index in [1.165, 1.54) is 23.1 Å². The van der Waals surface area contributed by atoms with Crippen molar-refractivity contribution in [2.75, 3.05) is 5.32 Å². The summed E-state index contributed by atoms with van der Waals surface area (Å²) in [5.74, 6) is 0.513. The molecular weight excluding hydrogens is 280 g/mol. The number of nitrogens with zero attached hydrogens (tertiary/aromatic N) is 3. The van der Waals surface area contributed by atoms with Gasteiger partial charge in [0, 0.05) is 6.20 Å². The quantitative estimate of drug-likeness (QED) is 0.859. The van der Waals surface area contributed by atoms with Gasteiger partial charge in [-0.1, -0.05) is 36.1 Å². The highest BCUT2D eigenvalue weighted by Gasteiger charge is 2.20. The molecule has 0 bridgehead atoms. The zero-order valence-electron chi connectivity index (χ0n) is 10.7. The summed E-state index contributed by atoms with van der Waals surface area (Å²) in [6.45, 7) is 3.88. The minimum Gasteiger partial charge on any atom is -0.310 e. The summed E-state index contributed by atoms with van der Waals surface area (Å²) in [5, 5.41) is 11.5. The normalized spacial score (nSPS) is 12.1. The minimum atomic E-state index is -0.186. The summed E-state index contributed by atoms with van der Waals surface area (Å²) in [6, 6.07) is 5.42. The molecule has 0 spiro atoms. The molecule has 0 aromatic carbocycles. The van der Waals surface area contributed by atoms with E-state index in [0.29, 0.717) is 5.82 Å². The van der Waals surface area contributed by atoms with Crippen molar-refractivity contribution < 1.29 is 4.79 Å². The number of anilines is 1. The molecule has 0 aliphatic rings. The number of rotatable bonds is 5. The van der Waals surface area contributed by atoms with Crippen LogP contribution >= 0.6 is 23.1 Å². The van der Waals surface area contributed by atoms with Crippen LogP contribution in [0.3, 0.4) is 0 Å². The first-order chi connectivity index (χ1) is 9.19. The van der Waals surface area contributed by atoms with Crippen LogP contribution in [0, 0.1) is 6.92 Å². The molecule has 1 amide bonds. The fourth-order valence-corrected chi connectivity index (χ4v) is 3.40. The van der Waals surface area contributed by atoms with Crippen LogP contribution in [0.2, 0.25) is 0 Å². The molecule has 1 unspecified atom stereocenters. The van der Waals surface area contributed by atoms with Crippen molar-refractivity contribution in [1.29, 1.82) is 0 Å². The van der Waals surface area contributed by atoms with Gasteiger partial charge in [-0.05, 0) is 25.5 Å². The van der Waals surface area contributed by atoms with E-state index in [4.69, 9.17) is 0 Å². The Morgan fingerprint density at radius 3 is 2.89 bits per heavy atom. The number of pyridine rings is 1. The Kier molecular flexibility index (Phi) is 4.86. The smallest absolute Gasteiger partial charge is 0.239 e. The number of hydrogen-bond acceptors (Lipinski definition) is 6. The molecule has 1 atom stereocenters. The average molecular weight is 294 g/mol. The third kappa shape index (κ3) is 4.00. The number of nitrogens with one attached hydrogen (secondary N) is 1. The number of thioether (sulfide) groups is 1. The lowest BCUT2D eigenvalue weighted by Gasteiger charge is -2.12. The molecule has 19 heavy (non-hydrogen) atoms. The highest BCUT2D eigenvalue weighted by atomic mass is 32.2. The van der Waals surface area contributed by atoms with Crippen molar-refractivity contribution in [3.63, 3.8) is 0 Å². The van der Waals surface area contributed by atoms with E-state index in [1.807, 2.05) is 26.0 Å². The second-order valence-corrected chi connectivity index (χ2v) is 6.44. The van der Waals surface area contributed by atoms with E-state index in [0.717, 1.165) is 15.8 Å². The van der Waals surface area contributed by atoms with Gasteiger partial charge in [-0.3, -0.25) is 4.79 Å². The molecule has 0 saturated carbocycles. The van der Waals surface area contributed by atoms with Crippen LogP contribution in [0.4, 0.5) is 5.82 Å². The standard InChI is InChI=1S/C12H14N4OS2/c1-3-9(19-12-16-15-8(2)18-12)11(17)14-10-6-4-5-7-13-10/h4-7,9H,3H2,1-2H3,(H,13,14,17). The molecule has 5 nitrogen and oxygen atoms in total. The van der Waals surface area contributed by atoms with Gasteiger partial charge < -0.3 is 5.32 Å². The van der Waals surface area contributed by atoms with E-state index in [-0.39, 0.29) is 11.2 Å². The summed E-state index contributed by atoms with van der Waals surface area (Å²) < 4.78 is 0.820. The predicted octanol–water partition coefficient (Wildman–Crippen LogP) is 2.75. The maximum Gasteiger partial charge on any atom is 0.239 e. The third-order valence-electron chi connectivity index (χ3n) is 2.33. The first-order valence-corrected chi connectivity index (χ1v) is 7.57. The van der Waals surface area contributed by atoms with Gasteiger partial charge in [0.25, 0.3) is 0 Å². The Morgan fingerprint density at radius 2 is 2.32 bits per heavy atom. The Labute approximate surface area is 119 Å². The van der Waals surface area contributed by atoms with Gasteiger partial charge in [0.2, 0.25) is 5.91 Å². The monoisotopic (exact) mass is 294 g/mol. The molecule has 100 valence electrons. The molecule has 2 aromatic heterocycles. The summed E-state index contributed by atoms with van der Waals surface area (Å²) in [7, 11) is 0. The molecule has 2 rings (SSSR count). The highest BCUT2D eigenvalue weighted by Crippen LogP contribution is 2.28. The van der Waals surface area contributed by atoms with Gasteiger partial charge in [0.1, 0.15) is 10.8 Å². The first-order valence-electron chi connectivity index (χ1n) is 5.87. The van der Waals surface area contributed by atoms with Crippen LogP contribution in [0.1, 0.15) is 18.4 Å². The maximum atomic E-state index is 12.1. The topological polar surface area (TPSA) is 67.8 Å². The van der Waals surface area contributed by atoms with Crippen molar-refractivity contribution in [3.05, 3.63) is 29.4 Å². The number of hydrogen-bond donors (Lipinski definition) is 1. The van der Waals surface area contributed by atoms with Crippen LogP contribution < -0.4 is 5.32 Å². The Balaban J connectivity index is 1.99. The Hall–Kier alpha value is -1.47. The van der Waals surface area contributed by atoms with Crippen molar-refractivity contribution in [3.8, 4) is 0 Å². The molecule has 0 aliphatic heterocycles. The summed E-state index contributed by atoms with van der Waals surface area (Å²) >= 11 is 2.94. The van der Waals surface area contributed by atoms with E-state index in [2.05, 4.69) is 20.5 Å². The lowest BCUT2D eigenvalue weighted by atomic mass is 10.3. The molecule has 1 N–H and O–H groups in total. The largest absolute Gasteiger partial charge is 0.310 e. The van der Waals surface area contributed by atoms with E-state index in [9.17, 15) is 4.79 Å².